The van der Waals surface area contributed by atoms with Crippen molar-refractivity contribution in [2.45, 2.75) is 88.4 Å². The van der Waals surface area contributed by atoms with Gasteiger partial charge in [-0.2, -0.15) is 8.78 Å². The fourth-order valence-electron chi connectivity index (χ4n) is 5.80. The average molecular weight is 586 g/mol. The number of halogens is 2. The SMILES string of the molecule is CCOC(=O)C12CC1C=CCCCCCC(N)C(=O)N1CC(Oc3nc4ccccc4nc3C(C)(F)F)CC1C(=O)N2. The van der Waals surface area contributed by atoms with Crippen LogP contribution in [-0.4, -0.2) is 69.5 Å². The summed E-state index contributed by atoms with van der Waals surface area (Å²) in [4.78, 5) is 50.0. The number of carbonyl (C=O) groups is 3. The molecule has 1 saturated heterocycles. The van der Waals surface area contributed by atoms with Gasteiger partial charge in [0.1, 0.15) is 17.7 Å². The summed E-state index contributed by atoms with van der Waals surface area (Å²) in [6.07, 6.45) is 7.26. The molecule has 3 heterocycles. The van der Waals surface area contributed by atoms with Gasteiger partial charge < -0.3 is 25.4 Å². The van der Waals surface area contributed by atoms with Crippen LogP contribution in [0.2, 0.25) is 0 Å². The van der Waals surface area contributed by atoms with Crippen molar-refractivity contribution < 1.29 is 32.6 Å². The largest absolute Gasteiger partial charge is 0.471 e. The first kappa shape index (κ1) is 29.8. The predicted molar refractivity (Wildman–Crippen MR) is 149 cm³/mol. The van der Waals surface area contributed by atoms with E-state index in [9.17, 15) is 23.2 Å². The van der Waals surface area contributed by atoms with E-state index in [4.69, 9.17) is 15.2 Å². The summed E-state index contributed by atoms with van der Waals surface area (Å²) in [7, 11) is 0. The van der Waals surface area contributed by atoms with E-state index in [0.717, 1.165) is 25.7 Å². The fourth-order valence-corrected chi connectivity index (χ4v) is 5.80. The summed E-state index contributed by atoms with van der Waals surface area (Å²) in [5.74, 6) is -5.46. The Bertz CT molecular complexity index is 1380. The monoisotopic (exact) mass is 585 g/mol. The highest BCUT2D eigenvalue weighted by molar-refractivity contribution is 5.96. The Morgan fingerprint density at radius 3 is 2.64 bits per heavy atom. The van der Waals surface area contributed by atoms with Crippen molar-refractivity contribution in [2.24, 2.45) is 11.7 Å². The molecule has 5 rings (SSSR count). The molecule has 1 aromatic heterocycles. The predicted octanol–water partition coefficient (Wildman–Crippen LogP) is 3.38. The Morgan fingerprint density at radius 2 is 1.93 bits per heavy atom. The topological polar surface area (TPSA) is 137 Å². The molecule has 226 valence electrons. The number of fused-ring (bicyclic) bond motifs is 3. The molecule has 0 spiro atoms. The molecule has 1 saturated carbocycles. The molecule has 1 aliphatic carbocycles. The third-order valence-electron chi connectivity index (χ3n) is 8.15. The maximum Gasteiger partial charge on any atom is 0.332 e. The average Bonchev–Trinajstić information content (AvgIpc) is 3.48. The fraction of sp³-hybridized carbons (Fsp3) is 0.567. The third-order valence-corrected chi connectivity index (χ3v) is 8.15. The van der Waals surface area contributed by atoms with Crippen LogP contribution in [0.3, 0.4) is 0 Å². The lowest BCUT2D eigenvalue weighted by atomic mass is 10.1. The van der Waals surface area contributed by atoms with Crippen LogP contribution in [0.1, 0.15) is 64.5 Å². The van der Waals surface area contributed by atoms with E-state index >= 15 is 0 Å². The van der Waals surface area contributed by atoms with E-state index in [1.54, 1.807) is 31.2 Å². The lowest BCUT2D eigenvalue weighted by Crippen LogP contribution is -2.55. The molecule has 3 aliphatic rings. The molecular formula is C30H37F2N5O5. The van der Waals surface area contributed by atoms with Crippen LogP contribution in [0.5, 0.6) is 5.88 Å². The van der Waals surface area contributed by atoms with Crippen molar-refractivity contribution in [3.8, 4) is 5.88 Å². The Morgan fingerprint density at radius 1 is 1.19 bits per heavy atom. The van der Waals surface area contributed by atoms with Crippen LogP contribution in [0.25, 0.3) is 11.0 Å². The lowest BCUT2D eigenvalue weighted by Gasteiger charge is -2.28. The van der Waals surface area contributed by atoms with Gasteiger partial charge in [0.05, 0.1) is 30.2 Å². The summed E-state index contributed by atoms with van der Waals surface area (Å²) >= 11 is 0. The standard InChI is InChI=1S/C30H37F2N5O5/c1-3-41-28(40)30-16-18(30)11-7-5-4-6-8-12-20(33)27(39)37-17-19(15-23(37)25(38)36-30)42-26-24(29(2,31)32)34-21-13-9-10-14-22(21)35-26/h7,9-11,13-14,18-20,23H,3-6,8,12,15-17,33H2,1-2H3,(H,36,38). The van der Waals surface area contributed by atoms with Crippen LogP contribution < -0.4 is 15.8 Å². The second-order valence-electron chi connectivity index (χ2n) is 11.4. The van der Waals surface area contributed by atoms with E-state index < -0.39 is 53.1 Å². The Labute approximate surface area is 243 Å². The normalized spacial score (nSPS) is 28.7. The summed E-state index contributed by atoms with van der Waals surface area (Å²) < 4.78 is 40.5. The van der Waals surface area contributed by atoms with E-state index in [1.165, 1.54) is 4.90 Å². The van der Waals surface area contributed by atoms with Gasteiger partial charge in [-0.1, -0.05) is 37.1 Å². The highest BCUT2D eigenvalue weighted by atomic mass is 19.3. The van der Waals surface area contributed by atoms with Gasteiger partial charge in [-0.25, -0.2) is 14.8 Å². The van der Waals surface area contributed by atoms with Crippen molar-refractivity contribution in [3.63, 3.8) is 0 Å². The van der Waals surface area contributed by atoms with Crippen molar-refractivity contribution >= 4 is 28.8 Å². The first-order valence-corrected chi connectivity index (χ1v) is 14.6. The molecule has 12 heteroatoms. The van der Waals surface area contributed by atoms with Crippen LogP contribution in [0, 0.1) is 5.92 Å². The maximum absolute atomic E-state index is 14.6. The zero-order valence-corrected chi connectivity index (χ0v) is 23.9. The number of para-hydroxylation sites is 2. The van der Waals surface area contributed by atoms with Crippen molar-refractivity contribution in [1.82, 2.24) is 20.2 Å². The second kappa shape index (κ2) is 11.9. The zero-order valence-electron chi connectivity index (χ0n) is 23.9. The highest BCUT2D eigenvalue weighted by Crippen LogP contribution is 2.46. The minimum atomic E-state index is -3.36. The molecule has 42 heavy (non-hydrogen) atoms. The minimum Gasteiger partial charge on any atom is -0.471 e. The van der Waals surface area contributed by atoms with E-state index in [2.05, 4.69) is 15.3 Å². The number of nitrogens with two attached hydrogens (primary N) is 1. The van der Waals surface area contributed by atoms with Crippen molar-refractivity contribution in [3.05, 3.63) is 42.1 Å². The molecule has 2 aliphatic heterocycles. The number of rotatable bonds is 5. The second-order valence-corrected chi connectivity index (χ2v) is 11.4. The molecule has 5 unspecified atom stereocenters. The molecule has 3 N–H and O–H groups in total. The van der Waals surface area contributed by atoms with Gasteiger partial charge in [0, 0.05) is 19.3 Å². The van der Waals surface area contributed by atoms with Crippen molar-refractivity contribution in [2.75, 3.05) is 13.2 Å². The molecule has 0 radical (unpaired) electrons. The zero-order chi connectivity index (χ0) is 30.1. The molecule has 10 nitrogen and oxygen atoms in total. The minimum absolute atomic E-state index is 0.00701. The van der Waals surface area contributed by atoms with Gasteiger partial charge in [0.2, 0.25) is 17.7 Å². The van der Waals surface area contributed by atoms with Crippen molar-refractivity contribution in [1.29, 1.82) is 0 Å². The first-order chi connectivity index (χ1) is 20.0. The summed E-state index contributed by atoms with van der Waals surface area (Å²) in [5, 5.41) is 2.87. The number of amides is 2. The maximum atomic E-state index is 14.6. The van der Waals surface area contributed by atoms with Crippen LogP contribution in [0.4, 0.5) is 8.78 Å². The van der Waals surface area contributed by atoms with Gasteiger partial charge in [0.25, 0.3) is 5.92 Å². The van der Waals surface area contributed by atoms with Crippen LogP contribution in [0.15, 0.2) is 36.4 Å². The summed E-state index contributed by atoms with van der Waals surface area (Å²) in [6, 6.07) is 4.72. The number of alkyl halides is 2. The number of hydrogen-bond acceptors (Lipinski definition) is 8. The smallest absolute Gasteiger partial charge is 0.332 e. The lowest BCUT2D eigenvalue weighted by molar-refractivity contribution is -0.150. The highest BCUT2D eigenvalue weighted by Gasteiger charge is 2.62. The quantitative estimate of drug-likeness (QED) is 0.403. The molecule has 5 atom stereocenters. The van der Waals surface area contributed by atoms with E-state index in [0.29, 0.717) is 30.8 Å². The number of hydrogen-bond donors (Lipinski definition) is 2. The molecule has 0 bridgehead atoms. The number of allylic oxidation sites excluding steroid dienone is 1. The number of nitrogens with one attached hydrogen (secondary N) is 1. The van der Waals surface area contributed by atoms with E-state index in [1.807, 2.05) is 12.2 Å². The molecular weight excluding hydrogens is 548 g/mol. The first-order valence-electron chi connectivity index (χ1n) is 14.6. The van der Waals surface area contributed by atoms with Gasteiger partial charge in [-0.05, 0) is 44.7 Å². The number of ether oxygens (including phenoxy) is 2. The van der Waals surface area contributed by atoms with Gasteiger partial charge in [-0.15, -0.1) is 0 Å². The Balaban J connectivity index is 1.45. The number of carbonyl (C=O) groups excluding carboxylic acids is 3. The van der Waals surface area contributed by atoms with Crippen LogP contribution in [-0.2, 0) is 25.0 Å². The molecule has 2 fully saturated rings. The molecule has 2 aromatic rings. The van der Waals surface area contributed by atoms with Crippen LogP contribution >= 0.6 is 0 Å². The van der Waals surface area contributed by atoms with Gasteiger partial charge >= 0.3 is 5.97 Å². The molecule has 1 aromatic carbocycles. The third kappa shape index (κ3) is 6.08. The van der Waals surface area contributed by atoms with Gasteiger partial charge in [-0.3, -0.25) is 9.59 Å². The van der Waals surface area contributed by atoms with Gasteiger partial charge in [0.15, 0.2) is 5.69 Å². The summed E-state index contributed by atoms with van der Waals surface area (Å²) in [5.41, 5.74) is 5.08. The molecule has 2 amide bonds. The Kier molecular flexibility index (Phi) is 8.45. The summed E-state index contributed by atoms with van der Waals surface area (Å²) in [6.45, 7) is 2.50. The number of esters is 1. The number of aromatic nitrogens is 2. The van der Waals surface area contributed by atoms with E-state index in [-0.39, 0.29) is 31.4 Å². The Hall–Kier alpha value is -3.67. The number of nitrogens with zero attached hydrogens (tertiary/aromatic N) is 3. The number of benzene rings is 1.